The molecule has 0 saturated heterocycles. The van der Waals surface area contributed by atoms with Gasteiger partial charge in [-0.2, -0.15) is 0 Å². The molecule has 2 aromatic carbocycles. The number of phenols is 1. The van der Waals surface area contributed by atoms with E-state index in [0.29, 0.717) is 18.8 Å². The molecule has 0 spiro atoms. The number of aliphatic hydroxyl groups is 1. The summed E-state index contributed by atoms with van der Waals surface area (Å²) in [4.78, 5) is 0. The molecule has 1 unspecified atom stereocenters. The minimum atomic E-state index is -0.564. The first-order valence-corrected chi connectivity index (χ1v) is 6.91. The Kier molecular flexibility index (Phi) is 5.20. The fourth-order valence-corrected chi connectivity index (χ4v) is 2.07. The van der Waals surface area contributed by atoms with Crippen molar-refractivity contribution in [2.75, 3.05) is 13.7 Å². The first kappa shape index (κ1) is 15.4. The molecule has 1 atom stereocenters. The van der Waals surface area contributed by atoms with Gasteiger partial charge in [0.15, 0.2) is 0 Å². The van der Waals surface area contributed by atoms with Crippen LogP contribution in [0.4, 0.5) is 0 Å². The summed E-state index contributed by atoms with van der Waals surface area (Å²) < 4.78 is 5.04. The van der Waals surface area contributed by atoms with E-state index in [4.69, 9.17) is 4.74 Å². The number of nitrogens with one attached hydrogen (secondary N) is 1. The lowest BCUT2D eigenvalue weighted by molar-refractivity contribution is 0.174. The van der Waals surface area contributed by atoms with E-state index >= 15 is 0 Å². The van der Waals surface area contributed by atoms with Crippen LogP contribution in [-0.2, 0) is 6.54 Å². The van der Waals surface area contributed by atoms with Crippen molar-refractivity contribution in [1.29, 1.82) is 0 Å². The van der Waals surface area contributed by atoms with Gasteiger partial charge in [-0.25, -0.2) is 0 Å². The second kappa shape index (κ2) is 7.11. The molecule has 3 N–H and O–H groups in total. The van der Waals surface area contributed by atoms with Gasteiger partial charge < -0.3 is 20.3 Å². The summed E-state index contributed by atoms with van der Waals surface area (Å²) in [5.74, 6) is 0.808. The zero-order valence-corrected chi connectivity index (χ0v) is 12.3. The maximum Gasteiger partial charge on any atom is 0.123 e. The molecule has 0 fully saturated rings. The molecule has 0 amide bonds. The smallest absolute Gasteiger partial charge is 0.123 e. The van der Waals surface area contributed by atoms with Gasteiger partial charge in [0, 0.05) is 24.7 Å². The Morgan fingerprint density at radius 1 is 1.14 bits per heavy atom. The monoisotopic (exact) mass is 287 g/mol. The molecule has 0 bridgehead atoms. The first-order valence-electron chi connectivity index (χ1n) is 6.91. The van der Waals surface area contributed by atoms with Crippen LogP contribution in [0.15, 0.2) is 42.5 Å². The highest BCUT2D eigenvalue weighted by Gasteiger charge is 2.08. The van der Waals surface area contributed by atoms with E-state index in [1.165, 1.54) is 5.56 Å². The molecule has 4 heteroatoms. The van der Waals surface area contributed by atoms with Crippen LogP contribution in [0.5, 0.6) is 11.5 Å². The lowest BCUT2D eigenvalue weighted by Gasteiger charge is -2.13. The predicted octanol–water partition coefficient (Wildman–Crippen LogP) is 2.53. The van der Waals surface area contributed by atoms with Gasteiger partial charge in [0.1, 0.15) is 11.5 Å². The molecule has 0 aromatic heterocycles. The van der Waals surface area contributed by atoms with E-state index in [9.17, 15) is 10.2 Å². The maximum absolute atomic E-state index is 10.1. The summed E-state index contributed by atoms with van der Waals surface area (Å²) in [7, 11) is 1.56. The normalized spacial score (nSPS) is 12.1. The Bertz CT molecular complexity index is 581. The quantitative estimate of drug-likeness (QED) is 0.764. The number of aromatic hydroxyl groups is 1. The third kappa shape index (κ3) is 4.21. The Balaban J connectivity index is 1.87. The van der Waals surface area contributed by atoms with Gasteiger partial charge in [0.25, 0.3) is 0 Å². The maximum atomic E-state index is 10.1. The van der Waals surface area contributed by atoms with Crippen molar-refractivity contribution in [3.05, 3.63) is 59.2 Å². The Morgan fingerprint density at radius 3 is 2.48 bits per heavy atom. The highest BCUT2D eigenvalue weighted by atomic mass is 16.5. The van der Waals surface area contributed by atoms with E-state index in [0.717, 1.165) is 11.1 Å². The van der Waals surface area contributed by atoms with Gasteiger partial charge in [-0.1, -0.05) is 35.9 Å². The van der Waals surface area contributed by atoms with Gasteiger partial charge in [-0.05, 0) is 18.6 Å². The number of rotatable bonds is 6. The largest absolute Gasteiger partial charge is 0.507 e. The lowest BCUT2D eigenvalue weighted by Crippen LogP contribution is -2.21. The third-order valence-electron chi connectivity index (χ3n) is 3.41. The average Bonchev–Trinajstić information content (AvgIpc) is 2.49. The van der Waals surface area contributed by atoms with Gasteiger partial charge in [0.2, 0.25) is 0 Å². The third-order valence-corrected chi connectivity index (χ3v) is 3.41. The fourth-order valence-electron chi connectivity index (χ4n) is 2.07. The van der Waals surface area contributed by atoms with Gasteiger partial charge in [0.05, 0.1) is 13.2 Å². The molecular formula is C17H21NO3. The molecule has 112 valence electrons. The first-order chi connectivity index (χ1) is 10.1. The molecule has 0 saturated carbocycles. The van der Waals surface area contributed by atoms with E-state index in [2.05, 4.69) is 5.32 Å². The Hall–Kier alpha value is -2.04. The second-order valence-corrected chi connectivity index (χ2v) is 5.05. The van der Waals surface area contributed by atoms with E-state index < -0.39 is 6.10 Å². The number of benzene rings is 2. The van der Waals surface area contributed by atoms with Crippen molar-refractivity contribution in [3.8, 4) is 11.5 Å². The van der Waals surface area contributed by atoms with Crippen molar-refractivity contribution < 1.29 is 14.9 Å². The molecule has 0 aliphatic rings. The van der Waals surface area contributed by atoms with Crippen molar-refractivity contribution in [3.63, 3.8) is 0 Å². The SMILES string of the molecule is COc1ccc(CNCC(O)c2ccc(C)cc2)c(O)c1. The van der Waals surface area contributed by atoms with Crippen LogP contribution in [0.1, 0.15) is 22.8 Å². The summed E-state index contributed by atoms with van der Waals surface area (Å²) in [6.07, 6.45) is -0.564. The molecular weight excluding hydrogens is 266 g/mol. The van der Waals surface area contributed by atoms with Crippen LogP contribution in [0.2, 0.25) is 0 Å². The number of phenolic OH excluding ortho intramolecular Hbond substituents is 1. The molecule has 21 heavy (non-hydrogen) atoms. The minimum absolute atomic E-state index is 0.187. The van der Waals surface area contributed by atoms with Crippen molar-refractivity contribution in [2.45, 2.75) is 19.6 Å². The van der Waals surface area contributed by atoms with E-state index in [1.807, 2.05) is 31.2 Å². The number of aryl methyl sites for hydroxylation is 1. The molecule has 2 aromatic rings. The highest BCUT2D eigenvalue weighted by Crippen LogP contribution is 2.23. The standard InChI is InChI=1S/C17H21NO3/c1-12-3-5-13(6-4-12)17(20)11-18-10-14-7-8-15(21-2)9-16(14)19/h3-9,17-20H,10-11H2,1-2H3. The molecule has 4 nitrogen and oxygen atoms in total. The van der Waals surface area contributed by atoms with E-state index in [-0.39, 0.29) is 5.75 Å². The number of ether oxygens (including phenoxy) is 1. The van der Waals surface area contributed by atoms with Crippen molar-refractivity contribution in [2.24, 2.45) is 0 Å². The number of hydrogen-bond acceptors (Lipinski definition) is 4. The van der Waals surface area contributed by atoms with Crippen LogP contribution in [0.3, 0.4) is 0 Å². The van der Waals surface area contributed by atoms with Crippen LogP contribution in [0.25, 0.3) is 0 Å². The average molecular weight is 287 g/mol. The molecule has 0 radical (unpaired) electrons. The van der Waals surface area contributed by atoms with Gasteiger partial charge in [-0.3, -0.25) is 0 Å². The topological polar surface area (TPSA) is 61.7 Å². The molecule has 0 aliphatic heterocycles. The summed E-state index contributed by atoms with van der Waals surface area (Å²) in [5, 5.41) is 23.1. The number of methoxy groups -OCH3 is 1. The summed E-state index contributed by atoms with van der Waals surface area (Å²) in [5.41, 5.74) is 2.82. The fraction of sp³-hybridized carbons (Fsp3) is 0.294. The Morgan fingerprint density at radius 2 is 1.86 bits per heavy atom. The lowest BCUT2D eigenvalue weighted by atomic mass is 10.1. The Labute approximate surface area is 125 Å². The molecule has 0 heterocycles. The zero-order valence-electron chi connectivity index (χ0n) is 12.3. The van der Waals surface area contributed by atoms with Crippen LogP contribution < -0.4 is 10.1 Å². The highest BCUT2D eigenvalue weighted by molar-refractivity contribution is 5.39. The van der Waals surface area contributed by atoms with E-state index in [1.54, 1.807) is 25.3 Å². The summed E-state index contributed by atoms with van der Waals surface area (Å²) >= 11 is 0. The van der Waals surface area contributed by atoms with Crippen molar-refractivity contribution >= 4 is 0 Å². The van der Waals surface area contributed by atoms with Crippen LogP contribution in [-0.4, -0.2) is 23.9 Å². The molecule has 2 rings (SSSR count). The summed E-state index contributed by atoms with van der Waals surface area (Å²) in [6.45, 7) is 2.92. The van der Waals surface area contributed by atoms with Crippen molar-refractivity contribution in [1.82, 2.24) is 5.32 Å². The zero-order chi connectivity index (χ0) is 15.2. The second-order valence-electron chi connectivity index (χ2n) is 5.05. The minimum Gasteiger partial charge on any atom is -0.507 e. The van der Waals surface area contributed by atoms with Crippen LogP contribution in [0, 0.1) is 6.92 Å². The number of hydrogen-bond donors (Lipinski definition) is 3. The number of aliphatic hydroxyl groups excluding tert-OH is 1. The van der Waals surface area contributed by atoms with Gasteiger partial charge in [-0.15, -0.1) is 0 Å². The van der Waals surface area contributed by atoms with Crippen LogP contribution >= 0.6 is 0 Å². The predicted molar refractivity (Wildman–Crippen MR) is 82.5 cm³/mol. The van der Waals surface area contributed by atoms with Gasteiger partial charge >= 0.3 is 0 Å². The summed E-state index contributed by atoms with van der Waals surface area (Å²) in [6, 6.07) is 13.0. The molecule has 0 aliphatic carbocycles.